The van der Waals surface area contributed by atoms with E-state index < -0.39 is 0 Å². The van der Waals surface area contributed by atoms with Gasteiger partial charge >= 0.3 is 6.03 Å². The number of rotatable bonds is 2. The lowest BCUT2D eigenvalue weighted by molar-refractivity contribution is 0.257. The molecule has 2 amide bonds. The van der Waals surface area contributed by atoms with Crippen molar-refractivity contribution < 1.29 is 9.53 Å². The number of para-hydroxylation sites is 1. The quantitative estimate of drug-likeness (QED) is 0.833. The summed E-state index contributed by atoms with van der Waals surface area (Å²) in [6, 6.07) is 12.8. The van der Waals surface area contributed by atoms with Crippen molar-refractivity contribution in [1.29, 1.82) is 0 Å². The number of hydrogen-bond acceptors (Lipinski definition) is 3. The molecule has 3 N–H and O–H groups in total. The highest BCUT2D eigenvalue weighted by Gasteiger charge is 2.26. The summed E-state index contributed by atoms with van der Waals surface area (Å²) < 4.78 is 5.10. The molecule has 2 aromatic rings. The molecule has 0 aromatic heterocycles. The zero-order valence-electron chi connectivity index (χ0n) is 11.8. The number of urea groups is 1. The van der Waals surface area contributed by atoms with E-state index in [4.69, 9.17) is 10.5 Å². The van der Waals surface area contributed by atoms with Crippen LogP contribution in [0.1, 0.15) is 5.56 Å². The average molecular weight is 283 g/mol. The van der Waals surface area contributed by atoms with Gasteiger partial charge in [-0.3, -0.25) is 4.90 Å². The van der Waals surface area contributed by atoms with Crippen LogP contribution in [0.25, 0.3) is 0 Å². The molecular formula is C16H17N3O2. The fourth-order valence-corrected chi connectivity index (χ4v) is 2.55. The van der Waals surface area contributed by atoms with Crippen LogP contribution in [-0.4, -0.2) is 19.7 Å². The summed E-state index contributed by atoms with van der Waals surface area (Å²) in [5, 5.41) is 2.88. The first-order valence-corrected chi connectivity index (χ1v) is 6.79. The van der Waals surface area contributed by atoms with Crippen molar-refractivity contribution in [2.45, 2.75) is 6.42 Å². The van der Waals surface area contributed by atoms with Gasteiger partial charge in [0.05, 0.1) is 18.5 Å². The number of fused-ring (bicyclic) bond motifs is 1. The lowest BCUT2D eigenvalue weighted by Crippen LogP contribution is -2.33. The van der Waals surface area contributed by atoms with Crippen molar-refractivity contribution in [3.63, 3.8) is 0 Å². The van der Waals surface area contributed by atoms with Crippen LogP contribution in [0, 0.1) is 0 Å². The average Bonchev–Trinajstić information content (AvgIpc) is 2.93. The Morgan fingerprint density at radius 1 is 1.24 bits per heavy atom. The van der Waals surface area contributed by atoms with E-state index in [9.17, 15) is 4.79 Å². The van der Waals surface area contributed by atoms with Gasteiger partial charge in [-0.05, 0) is 42.3 Å². The number of nitrogens with one attached hydrogen (secondary N) is 1. The van der Waals surface area contributed by atoms with Gasteiger partial charge in [0.2, 0.25) is 0 Å². The Labute approximate surface area is 123 Å². The molecule has 5 nitrogen and oxygen atoms in total. The maximum atomic E-state index is 12.4. The van der Waals surface area contributed by atoms with Crippen LogP contribution in [0.15, 0.2) is 42.5 Å². The molecule has 0 saturated heterocycles. The summed E-state index contributed by atoms with van der Waals surface area (Å²) in [4.78, 5) is 14.1. The van der Waals surface area contributed by atoms with Crippen LogP contribution >= 0.6 is 0 Å². The smallest absolute Gasteiger partial charge is 0.326 e. The van der Waals surface area contributed by atoms with Gasteiger partial charge in [0.1, 0.15) is 5.75 Å². The monoisotopic (exact) mass is 283 g/mol. The van der Waals surface area contributed by atoms with Gasteiger partial charge in [-0.15, -0.1) is 0 Å². The molecule has 0 unspecified atom stereocenters. The summed E-state index contributed by atoms with van der Waals surface area (Å²) in [6.45, 7) is 0.644. The number of amides is 2. The molecule has 21 heavy (non-hydrogen) atoms. The molecule has 0 aliphatic carbocycles. The zero-order chi connectivity index (χ0) is 14.8. The second-order valence-corrected chi connectivity index (χ2v) is 4.92. The van der Waals surface area contributed by atoms with Crippen LogP contribution in [0.5, 0.6) is 5.75 Å². The molecule has 0 fully saturated rings. The third kappa shape index (κ3) is 2.50. The SMILES string of the molecule is COc1ccc(NC(=O)N2CCc3cccc(N)c32)cc1. The Morgan fingerprint density at radius 2 is 2.00 bits per heavy atom. The van der Waals surface area contributed by atoms with Crippen molar-refractivity contribution in [3.05, 3.63) is 48.0 Å². The van der Waals surface area contributed by atoms with E-state index in [1.165, 1.54) is 0 Å². The summed E-state index contributed by atoms with van der Waals surface area (Å²) in [6.07, 6.45) is 0.830. The molecule has 0 atom stereocenters. The van der Waals surface area contributed by atoms with Crippen molar-refractivity contribution in [1.82, 2.24) is 0 Å². The first-order valence-electron chi connectivity index (χ1n) is 6.79. The number of hydrogen-bond donors (Lipinski definition) is 2. The molecule has 1 heterocycles. The van der Waals surface area contributed by atoms with E-state index in [0.717, 1.165) is 29.1 Å². The zero-order valence-corrected chi connectivity index (χ0v) is 11.8. The highest BCUT2D eigenvalue weighted by molar-refractivity contribution is 6.05. The van der Waals surface area contributed by atoms with Gasteiger partial charge in [-0.1, -0.05) is 12.1 Å². The molecule has 0 spiro atoms. The van der Waals surface area contributed by atoms with E-state index in [1.807, 2.05) is 42.5 Å². The molecule has 5 heteroatoms. The number of carbonyl (C=O) groups is 1. The Hall–Kier alpha value is -2.69. The molecule has 3 rings (SSSR count). The Bertz CT molecular complexity index is 668. The second-order valence-electron chi connectivity index (χ2n) is 4.92. The minimum Gasteiger partial charge on any atom is -0.497 e. The van der Waals surface area contributed by atoms with E-state index in [0.29, 0.717) is 12.2 Å². The van der Waals surface area contributed by atoms with Crippen LogP contribution in [0.4, 0.5) is 21.9 Å². The standard InChI is InChI=1S/C16H17N3O2/c1-21-13-7-5-12(6-8-13)18-16(20)19-10-9-11-3-2-4-14(17)15(11)19/h2-8H,9-10,17H2,1H3,(H,18,20). The van der Waals surface area contributed by atoms with Crippen molar-refractivity contribution in [2.24, 2.45) is 0 Å². The first kappa shape index (κ1) is 13.3. The number of benzene rings is 2. The molecule has 1 aliphatic heterocycles. The summed E-state index contributed by atoms with van der Waals surface area (Å²) in [7, 11) is 1.61. The Morgan fingerprint density at radius 3 is 2.71 bits per heavy atom. The number of nitrogens with two attached hydrogens (primary N) is 1. The molecule has 1 aliphatic rings. The normalized spacial score (nSPS) is 12.9. The van der Waals surface area contributed by atoms with Gasteiger partial charge in [-0.2, -0.15) is 0 Å². The summed E-state index contributed by atoms with van der Waals surface area (Å²) in [5.41, 5.74) is 9.29. The molecule has 0 bridgehead atoms. The molecule has 0 radical (unpaired) electrons. The molecule has 2 aromatic carbocycles. The second kappa shape index (κ2) is 5.36. The van der Waals surface area contributed by atoms with Crippen molar-refractivity contribution >= 4 is 23.1 Å². The van der Waals surface area contributed by atoms with Gasteiger partial charge < -0.3 is 15.8 Å². The highest BCUT2D eigenvalue weighted by Crippen LogP contribution is 2.33. The number of anilines is 3. The minimum atomic E-state index is -0.170. The Kier molecular flexibility index (Phi) is 3.39. The molecular weight excluding hydrogens is 266 g/mol. The lowest BCUT2D eigenvalue weighted by atomic mass is 10.1. The number of nitrogen functional groups attached to an aromatic ring is 1. The maximum Gasteiger partial charge on any atom is 0.326 e. The van der Waals surface area contributed by atoms with E-state index >= 15 is 0 Å². The maximum absolute atomic E-state index is 12.4. The summed E-state index contributed by atoms with van der Waals surface area (Å²) in [5.74, 6) is 0.753. The number of ether oxygens (including phenoxy) is 1. The van der Waals surface area contributed by atoms with Crippen LogP contribution < -0.4 is 20.7 Å². The predicted octanol–water partition coefficient (Wildman–Crippen LogP) is 2.87. The van der Waals surface area contributed by atoms with Crippen LogP contribution in [0.3, 0.4) is 0 Å². The fraction of sp³-hybridized carbons (Fsp3) is 0.188. The largest absolute Gasteiger partial charge is 0.497 e. The number of methoxy groups -OCH3 is 1. The van der Waals surface area contributed by atoms with E-state index in [1.54, 1.807) is 12.0 Å². The third-order valence-corrected chi connectivity index (χ3v) is 3.61. The first-order chi connectivity index (χ1) is 10.2. The van der Waals surface area contributed by atoms with Gasteiger partial charge in [0, 0.05) is 12.2 Å². The van der Waals surface area contributed by atoms with E-state index in [-0.39, 0.29) is 6.03 Å². The van der Waals surface area contributed by atoms with Crippen molar-refractivity contribution in [3.8, 4) is 5.75 Å². The number of nitrogens with zero attached hydrogens (tertiary/aromatic N) is 1. The third-order valence-electron chi connectivity index (χ3n) is 3.61. The van der Waals surface area contributed by atoms with Crippen LogP contribution in [-0.2, 0) is 6.42 Å². The highest BCUT2D eigenvalue weighted by atomic mass is 16.5. The molecule has 108 valence electrons. The Balaban J connectivity index is 1.78. The predicted molar refractivity (Wildman–Crippen MR) is 83.9 cm³/mol. The van der Waals surface area contributed by atoms with Gasteiger partial charge in [0.15, 0.2) is 0 Å². The van der Waals surface area contributed by atoms with Crippen molar-refractivity contribution in [2.75, 3.05) is 29.6 Å². The minimum absolute atomic E-state index is 0.170. The van der Waals surface area contributed by atoms with Crippen LogP contribution in [0.2, 0.25) is 0 Å². The van der Waals surface area contributed by atoms with E-state index in [2.05, 4.69) is 5.32 Å². The summed E-state index contributed by atoms with van der Waals surface area (Å²) >= 11 is 0. The molecule has 0 saturated carbocycles. The topological polar surface area (TPSA) is 67.6 Å². The number of carbonyl (C=O) groups excluding carboxylic acids is 1. The fourth-order valence-electron chi connectivity index (χ4n) is 2.55. The van der Waals surface area contributed by atoms with Gasteiger partial charge in [0.25, 0.3) is 0 Å². The van der Waals surface area contributed by atoms with Gasteiger partial charge in [-0.25, -0.2) is 4.79 Å². The lowest BCUT2D eigenvalue weighted by Gasteiger charge is -2.19.